The first-order chi connectivity index (χ1) is 11.1. The van der Waals surface area contributed by atoms with Crippen LogP contribution in [0, 0.1) is 11.8 Å². The second kappa shape index (κ2) is 8.83. The fraction of sp³-hybridized carbons (Fsp3) is 0.765. The van der Waals surface area contributed by atoms with Crippen LogP contribution in [-0.2, 0) is 11.8 Å². The lowest BCUT2D eigenvalue weighted by molar-refractivity contribution is -0.125. The third-order valence-corrected chi connectivity index (χ3v) is 5.38. The van der Waals surface area contributed by atoms with Crippen LogP contribution in [0.5, 0.6) is 0 Å². The summed E-state index contributed by atoms with van der Waals surface area (Å²) in [5.41, 5.74) is 1.10. The average molecular weight is 357 g/mol. The lowest BCUT2D eigenvalue weighted by atomic mass is 9.85. The minimum absolute atomic E-state index is 0. The zero-order valence-electron chi connectivity index (χ0n) is 14.3. The van der Waals surface area contributed by atoms with E-state index in [9.17, 15) is 9.90 Å². The molecule has 1 aliphatic carbocycles. The van der Waals surface area contributed by atoms with E-state index in [1.54, 1.807) is 4.68 Å². The van der Waals surface area contributed by atoms with Gasteiger partial charge in [-0.15, -0.1) is 12.4 Å². The Bertz CT molecular complexity index is 530. The van der Waals surface area contributed by atoms with Crippen LogP contribution in [0.4, 0.5) is 0 Å². The maximum Gasteiger partial charge on any atom is 0.225 e. The molecule has 1 aromatic heterocycles. The summed E-state index contributed by atoms with van der Waals surface area (Å²) in [7, 11) is 1.89. The minimum Gasteiger partial charge on any atom is -0.391 e. The Morgan fingerprint density at radius 2 is 2.17 bits per heavy atom. The summed E-state index contributed by atoms with van der Waals surface area (Å²) in [6.07, 6.45) is 9.25. The molecule has 136 valence electrons. The molecule has 0 bridgehead atoms. The van der Waals surface area contributed by atoms with E-state index >= 15 is 0 Å². The number of hydrogen-bond donors (Lipinski definition) is 3. The van der Waals surface area contributed by atoms with Crippen molar-refractivity contribution in [1.82, 2.24) is 20.4 Å². The Morgan fingerprint density at radius 1 is 1.42 bits per heavy atom. The summed E-state index contributed by atoms with van der Waals surface area (Å²) in [4.78, 5) is 12.5. The highest BCUT2D eigenvalue weighted by atomic mass is 35.5. The topological polar surface area (TPSA) is 79.2 Å². The maximum absolute atomic E-state index is 12.5. The number of carbonyl (C=O) groups excluding carboxylic acids is 1. The third-order valence-electron chi connectivity index (χ3n) is 5.38. The van der Waals surface area contributed by atoms with Crippen LogP contribution in [0.15, 0.2) is 12.4 Å². The van der Waals surface area contributed by atoms with E-state index < -0.39 is 6.10 Å². The summed E-state index contributed by atoms with van der Waals surface area (Å²) in [5.74, 6) is 0.465. The molecule has 0 aromatic carbocycles. The van der Waals surface area contributed by atoms with E-state index in [0.717, 1.165) is 24.9 Å². The first-order valence-corrected chi connectivity index (χ1v) is 8.80. The van der Waals surface area contributed by atoms with Crippen LogP contribution in [-0.4, -0.2) is 46.5 Å². The Morgan fingerprint density at radius 3 is 2.83 bits per heavy atom. The van der Waals surface area contributed by atoms with Gasteiger partial charge in [0.1, 0.15) is 0 Å². The van der Waals surface area contributed by atoms with Gasteiger partial charge in [-0.1, -0.05) is 19.3 Å². The Labute approximate surface area is 149 Å². The molecule has 24 heavy (non-hydrogen) atoms. The largest absolute Gasteiger partial charge is 0.391 e. The second-order valence-electron chi connectivity index (χ2n) is 7.03. The summed E-state index contributed by atoms with van der Waals surface area (Å²) < 4.78 is 1.77. The molecule has 1 aliphatic heterocycles. The molecule has 2 aliphatic rings. The van der Waals surface area contributed by atoms with E-state index in [2.05, 4.69) is 15.7 Å². The zero-order valence-corrected chi connectivity index (χ0v) is 15.1. The van der Waals surface area contributed by atoms with Gasteiger partial charge in [0.25, 0.3) is 0 Å². The molecule has 1 aromatic rings. The lowest BCUT2D eigenvalue weighted by Crippen LogP contribution is -2.41. The maximum atomic E-state index is 12.5. The van der Waals surface area contributed by atoms with Crippen molar-refractivity contribution >= 4 is 18.3 Å². The fourth-order valence-electron chi connectivity index (χ4n) is 3.96. The monoisotopic (exact) mass is 356 g/mol. The van der Waals surface area contributed by atoms with E-state index in [-0.39, 0.29) is 30.2 Å². The molecular formula is C17H29ClN4O2. The van der Waals surface area contributed by atoms with Crippen LogP contribution >= 0.6 is 12.4 Å². The van der Waals surface area contributed by atoms with Gasteiger partial charge in [-0.25, -0.2) is 0 Å². The molecule has 3 atom stereocenters. The van der Waals surface area contributed by atoms with E-state index in [4.69, 9.17) is 0 Å². The van der Waals surface area contributed by atoms with Gasteiger partial charge in [0.05, 0.1) is 18.2 Å². The molecule has 0 spiro atoms. The number of aliphatic hydroxyl groups excluding tert-OH is 1. The van der Waals surface area contributed by atoms with Crippen molar-refractivity contribution in [1.29, 1.82) is 0 Å². The molecule has 0 radical (unpaired) electrons. The van der Waals surface area contributed by atoms with Crippen molar-refractivity contribution in [2.75, 3.05) is 19.6 Å². The molecule has 2 fully saturated rings. The smallest absolute Gasteiger partial charge is 0.225 e. The number of carbonyl (C=O) groups is 1. The third kappa shape index (κ3) is 4.49. The predicted octanol–water partition coefficient (Wildman–Crippen LogP) is 1.20. The van der Waals surface area contributed by atoms with Gasteiger partial charge in [-0.05, 0) is 24.3 Å². The van der Waals surface area contributed by atoms with Crippen LogP contribution < -0.4 is 10.6 Å². The summed E-state index contributed by atoms with van der Waals surface area (Å²) >= 11 is 0. The van der Waals surface area contributed by atoms with E-state index in [1.165, 1.54) is 19.3 Å². The first kappa shape index (κ1) is 19.2. The molecule has 1 amide bonds. The number of rotatable bonds is 5. The number of aliphatic hydroxyl groups is 1. The molecule has 3 rings (SSSR count). The number of nitrogens with zero attached hydrogens (tertiary/aromatic N) is 2. The molecule has 1 saturated heterocycles. The molecule has 1 unspecified atom stereocenters. The van der Waals surface area contributed by atoms with Gasteiger partial charge < -0.3 is 15.7 Å². The molecule has 1 saturated carbocycles. The summed E-state index contributed by atoms with van der Waals surface area (Å²) in [6, 6.07) is 0. The van der Waals surface area contributed by atoms with Crippen molar-refractivity contribution < 1.29 is 9.90 Å². The Balaban J connectivity index is 0.00000208. The van der Waals surface area contributed by atoms with E-state index in [0.29, 0.717) is 19.0 Å². The molecule has 7 heteroatoms. The molecule has 3 N–H and O–H groups in total. The zero-order chi connectivity index (χ0) is 16.2. The van der Waals surface area contributed by atoms with Crippen molar-refractivity contribution in [3.63, 3.8) is 0 Å². The quantitative estimate of drug-likeness (QED) is 0.740. The Hall–Kier alpha value is -1.11. The van der Waals surface area contributed by atoms with Crippen molar-refractivity contribution in [2.45, 2.75) is 44.1 Å². The van der Waals surface area contributed by atoms with Crippen LogP contribution in [0.2, 0.25) is 0 Å². The number of hydrogen-bond acceptors (Lipinski definition) is 4. The van der Waals surface area contributed by atoms with Gasteiger partial charge >= 0.3 is 0 Å². The SMILES string of the molecule is Cl.Cn1cc([C@H]2CNC[C@@H]2C(=O)NCC(O)C2CCCCC2)cn1. The highest BCUT2D eigenvalue weighted by molar-refractivity contribution is 5.85. The summed E-state index contributed by atoms with van der Waals surface area (Å²) in [5, 5.41) is 20.8. The van der Waals surface area contributed by atoms with Crippen molar-refractivity contribution in [3.05, 3.63) is 18.0 Å². The number of nitrogens with one attached hydrogen (secondary N) is 2. The highest BCUT2D eigenvalue weighted by Gasteiger charge is 2.35. The second-order valence-corrected chi connectivity index (χ2v) is 7.03. The predicted molar refractivity (Wildman–Crippen MR) is 95.1 cm³/mol. The van der Waals surface area contributed by atoms with E-state index in [1.807, 2.05) is 19.4 Å². The van der Waals surface area contributed by atoms with Gasteiger partial charge in [-0.2, -0.15) is 5.10 Å². The number of aromatic nitrogens is 2. The number of aryl methyl sites for hydroxylation is 1. The number of amides is 1. The van der Waals surface area contributed by atoms with Crippen LogP contribution in [0.25, 0.3) is 0 Å². The lowest BCUT2D eigenvalue weighted by Gasteiger charge is -2.27. The van der Waals surface area contributed by atoms with Crippen molar-refractivity contribution in [2.24, 2.45) is 18.9 Å². The van der Waals surface area contributed by atoms with Gasteiger partial charge in [0.2, 0.25) is 5.91 Å². The minimum atomic E-state index is -0.412. The van der Waals surface area contributed by atoms with Gasteiger partial charge in [-0.3, -0.25) is 9.48 Å². The first-order valence-electron chi connectivity index (χ1n) is 8.80. The van der Waals surface area contributed by atoms with Crippen LogP contribution in [0.3, 0.4) is 0 Å². The fourth-order valence-corrected chi connectivity index (χ4v) is 3.96. The molecule has 2 heterocycles. The Kier molecular flexibility index (Phi) is 7.07. The average Bonchev–Trinajstić information content (AvgIpc) is 3.21. The van der Waals surface area contributed by atoms with Gasteiger partial charge in [0.15, 0.2) is 0 Å². The van der Waals surface area contributed by atoms with Gasteiger partial charge in [0, 0.05) is 38.8 Å². The van der Waals surface area contributed by atoms with Crippen LogP contribution in [0.1, 0.15) is 43.6 Å². The van der Waals surface area contributed by atoms with Crippen molar-refractivity contribution in [3.8, 4) is 0 Å². The molecular weight excluding hydrogens is 328 g/mol. The normalized spacial score (nSPS) is 25.9. The molecule has 6 nitrogen and oxygen atoms in total. The highest BCUT2D eigenvalue weighted by Crippen LogP contribution is 2.28. The standard InChI is InChI=1S/C17H28N4O2.ClH/c1-21-11-13(7-20-21)14-8-18-9-15(14)17(23)19-10-16(22)12-5-3-2-4-6-12;/h7,11-12,14-16,18,22H,2-6,8-10H2,1H3,(H,19,23);1H/t14-,15+,16?;/m1./s1. The number of halogens is 1. The summed E-state index contributed by atoms with van der Waals surface area (Å²) in [6.45, 7) is 1.86.